The molecule has 1 rings (SSSR count). The quantitative estimate of drug-likeness (QED) is 0.722. The predicted molar refractivity (Wildman–Crippen MR) is 70.7 cm³/mol. The van der Waals surface area contributed by atoms with Gasteiger partial charge in [0.25, 0.3) is 5.91 Å². The van der Waals surface area contributed by atoms with Crippen molar-refractivity contribution in [2.24, 2.45) is 5.92 Å². The molecule has 0 bridgehead atoms. The van der Waals surface area contributed by atoms with Gasteiger partial charge >= 0.3 is 0 Å². The Hall–Kier alpha value is -1.55. The van der Waals surface area contributed by atoms with Gasteiger partial charge < -0.3 is 15.5 Å². The molecule has 4 nitrogen and oxygen atoms in total. The number of aliphatic hydroxyl groups excluding tert-OH is 1. The first kappa shape index (κ1) is 14.5. The summed E-state index contributed by atoms with van der Waals surface area (Å²) in [5, 5.41) is 21.3. The van der Waals surface area contributed by atoms with Gasteiger partial charge in [0.15, 0.2) is 0 Å². The second-order valence-electron chi connectivity index (χ2n) is 4.52. The molecule has 0 aliphatic carbocycles. The molecule has 1 aromatic carbocycles. The minimum atomic E-state index is -0.271. The van der Waals surface area contributed by atoms with Gasteiger partial charge in [0.05, 0.1) is 5.56 Å². The van der Waals surface area contributed by atoms with Crippen molar-refractivity contribution >= 4 is 5.91 Å². The monoisotopic (exact) mass is 251 g/mol. The van der Waals surface area contributed by atoms with Crippen LogP contribution in [0.1, 0.15) is 35.7 Å². The summed E-state index contributed by atoms with van der Waals surface area (Å²) in [4.78, 5) is 11.9. The lowest BCUT2D eigenvalue weighted by molar-refractivity contribution is 0.0941. The highest BCUT2D eigenvalue weighted by molar-refractivity contribution is 5.96. The van der Waals surface area contributed by atoms with Crippen LogP contribution in [-0.2, 0) is 0 Å². The Morgan fingerprint density at radius 1 is 1.44 bits per heavy atom. The Labute approximate surface area is 108 Å². The number of aromatic hydroxyl groups is 1. The molecule has 18 heavy (non-hydrogen) atoms. The van der Waals surface area contributed by atoms with Crippen LogP contribution < -0.4 is 5.32 Å². The normalized spacial score (nSPS) is 12.2. The predicted octanol–water partition coefficient (Wildman–Crippen LogP) is 1.84. The molecule has 0 aliphatic rings. The summed E-state index contributed by atoms with van der Waals surface area (Å²) in [6, 6.07) is 4.94. The van der Waals surface area contributed by atoms with Gasteiger partial charge in [-0.15, -0.1) is 0 Å². The zero-order chi connectivity index (χ0) is 13.5. The minimum Gasteiger partial charge on any atom is -0.507 e. The number of benzene rings is 1. The van der Waals surface area contributed by atoms with Crippen LogP contribution in [0.3, 0.4) is 0 Å². The average Bonchev–Trinajstić information content (AvgIpc) is 2.37. The molecule has 1 amide bonds. The van der Waals surface area contributed by atoms with Crippen molar-refractivity contribution in [2.45, 2.75) is 26.7 Å². The number of carbonyl (C=O) groups is 1. The Morgan fingerprint density at radius 3 is 2.78 bits per heavy atom. The van der Waals surface area contributed by atoms with E-state index in [-0.39, 0.29) is 24.2 Å². The molecule has 1 atom stereocenters. The van der Waals surface area contributed by atoms with E-state index in [0.29, 0.717) is 18.5 Å². The van der Waals surface area contributed by atoms with Crippen molar-refractivity contribution in [3.8, 4) is 5.75 Å². The first-order valence-corrected chi connectivity index (χ1v) is 6.27. The number of amides is 1. The zero-order valence-electron chi connectivity index (χ0n) is 10.9. The van der Waals surface area contributed by atoms with Crippen molar-refractivity contribution in [3.05, 3.63) is 29.3 Å². The van der Waals surface area contributed by atoms with Crippen LogP contribution in [0.5, 0.6) is 5.75 Å². The number of rotatable bonds is 6. The van der Waals surface area contributed by atoms with Gasteiger partial charge in [0.2, 0.25) is 0 Å². The number of nitrogens with one attached hydrogen (secondary N) is 1. The zero-order valence-corrected chi connectivity index (χ0v) is 10.9. The standard InChI is InChI=1S/C14H21NO3/c1-3-11(6-7-16)9-15-14(18)12-8-10(2)4-5-13(12)17/h4-5,8,11,16-17H,3,6-7,9H2,1-2H3,(H,15,18). The van der Waals surface area contributed by atoms with E-state index in [4.69, 9.17) is 5.11 Å². The summed E-state index contributed by atoms with van der Waals surface area (Å²) in [5.74, 6) is -0.00759. The van der Waals surface area contributed by atoms with Crippen molar-refractivity contribution in [3.63, 3.8) is 0 Å². The fourth-order valence-corrected chi connectivity index (χ4v) is 1.80. The number of phenols is 1. The molecule has 1 unspecified atom stereocenters. The Bertz CT molecular complexity index is 404. The maximum Gasteiger partial charge on any atom is 0.255 e. The summed E-state index contributed by atoms with van der Waals surface area (Å²) in [7, 11) is 0. The topological polar surface area (TPSA) is 69.6 Å². The highest BCUT2D eigenvalue weighted by Crippen LogP contribution is 2.18. The van der Waals surface area contributed by atoms with E-state index in [9.17, 15) is 9.90 Å². The van der Waals surface area contributed by atoms with Gasteiger partial charge in [0, 0.05) is 13.2 Å². The first-order chi connectivity index (χ1) is 8.58. The molecular formula is C14H21NO3. The fourth-order valence-electron chi connectivity index (χ4n) is 1.80. The molecular weight excluding hydrogens is 230 g/mol. The van der Waals surface area contributed by atoms with Crippen LogP contribution >= 0.6 is 0 Å². The van der Waals surface area contributed by atoms with Gasteiger partial charge in [-0.2, -0.15) is 0 Å². The molecule has 0 heterocycles. The lowest BCUT2D eigenvalue weighted by Crippen LogP contribution is -2.29. The molecule has 0 fully saturated rings. The van der Waals surface area contributed by atoms with Crippen LogP contribution in [-0.4, -0.2) is 29.3 Å². The summed E-state index contributed by atoms with van der Waals surface area (Å²) in [6.45, 7) is 4.54. The number of aryl methyl sites for hydroxylation is 1. The van der Waals surface area contributed by atoms with Crippen molar-refractivity contribution in [2.75, 3.05) is 13.2 Å². The summed E-state index contributed by atoms with van der Waals surface area (Å²) >= 11 is 0. The Kier molecular flexibility index (Phi) is 5.65. The number of hydrogen-bond donors (Lipinski definition) is 3. The number of hydrogen-bond acceptors (Lipinski definition) is 3. The van der Waals surface area contributed by atoms with Crippen LogP contribution in [0.25, 0.3) is 0 Å². The van der Waals surface area contributed by atoms with Crippen LogP contribution in [0.4, 0.5) is 0 Å². The van der Waals surface area contributed by atoms with E-state index >= 15 is 0 Å². The van der Waals surface area contributed by atoms with Crippen molar-refractivity contribution in [1.82, 2.24) is 5.32 Å². The Balaban J connectivity index is 2.62. The smallest absolute Gasteiger partial charge is 0.255 e. The number of carbonyl (C=O) groups excluding carboxylic acids is 1. The molecule has 100 valence electrons. The summed E-state index contributed by atoms with van der Waals surface area (Å²) in [6.07, 6.45) is 1.58. The minimum absolute atomic E-state index is 0.00620. The maximum atomic E-state index is 11.9. The molecule has 1 aromatic rings. The Morgan fingerprint density at radius 2 is 2.17 bits per heavy atom. The largest absolute Gasteiger partial charge is 0.507 e. The highest BCUT2D eigenvalue weighted by Gasteiger charge is 2.13. The molecule has 0 saturated carbocycles. The van der Waals surface area contributed by atoms with Gasteiger partial charge in [-0.25, -0.2) is 0 Å². The van der Waals surface area contributed by atoms with E-state index in [1.807, 2.05) is 13.8 Å². The second-order valence-corrected chi connectivity index (χ2v) is 4.52. The van der Waals surface area contributed by atoms with Crippen LogP contribution in [0.15, 0.2) is 18.2 Å². The van der Waals surface area contributed by atoms with E-state index in [1.54, 1.807) is 12.1 Å². The lowest BCUT2D eigenvalue weighted by atomic mass is 10.0. The fraction of sp³-hybridized carbons (Fsp3) is 0.500. The average molecular weight is 251 g/mol. The van der Waals surface area contributed by atoms with Crippen LogP contribution in [0, 0.1) is 12.8 Å². The van der Waals surface area contributed by atoms with E-state index in [2.05, 4.69) is 5.32 Å². The van der Waals surface area contributed by atoms with Gasteiger partial charge in [-0.3, -0.25) is 4.79 Å². The third-order valence-electron chi connectivity index (χ3n) is 3.06. The van der Waals surface area contributed by atoms with Gasteiger partial charge in [0.1, 0.15) is 5.75 Å². The van der Waals surface area contributed by atoms with E-state index < -0.39 is 0 Å². The molecule has 0 aliphatic heterocycles. The third-order valence-corrected chi connectivity index (χ3v) is 3.06. The summed E-state index contributed by atoms with van der Waals surface area (Å²) in [5.41, 5.74) is 1.23. The van der Waals surface area contributed by atoms with Gasteiger partial charge in [-0.05, 0) is 31.4 Å². The van der Waals surface area contributed by atoms with E-state index in [0.717, 1.165) is 12.0 Å². The molecule has 0 aromatic heterocycles. The van der Waals surface area contributed by atoms with E-state index in [1.165, 1.54) is 6.07 Å². The summed E-state index contributed by atoms with van der Waals surface area (Å²) < 4.78 is 0. The first-order valence-electron chi connectivity index (χ1n) is 6.27. The maximum absolute atomic E-state index is 11.9. The molecule has 0 radical (unpaired) electrons. The lowest BCUT2D eigenvalue weighted by Gasteiger charge is -2.14. The van der Waals surface area contributed by atoms with Gasteiger partial charge in [-0.1, -0.05) is 25.0 Å². The number of aliphatic hydroxyl groups is 1. The molecule has 0 saturated heterocycles. The molecule has 4 heteroatoms. The molecule has 3 N–H and O–H groups in total. The third kappa shape index (κ3) is 4.04. The molecule has 0 spiro atoms. The van der Waals surface area contributed by atoms with Crippen molar-refractivity contribution in [1.29, 1.82) is 0 Å². The highest BCUT2D eigenvalue weighted by atomic mass is 16.3. The van der Waals surface area contributed by atoms with Crippen molar-refractivity contribution < 1.29 is 15.0 Å². The van der Waals surface area contributed by atoms with Crippen LogP contribution in [0.2, 0.25) is 0 Å². The SMILES string of the molecule is CCC(CCO)CNC(=O)c1cc(C)ccc1O. The second kappa shape index (κ2) is 7.01. The number of phenolic OH excluding ortho intramolecular Hbond substituents is 1.